The third-order valence-corrected chi connectivity index (χ3v) is 3.71. The molecule has 0 fully saturated rings. The van der Waals surface area contributed by atoms with Crippen LogP contribution in [0.5, 0.6) is 0 Å². The number of aryl methyl sites for hydroxylation is 1. The fraction of sp³-hybridized carbons (Fsp3) is 0.0909. The van der Waals surface area contributed by atoms with Crippen LogP contribution < -0.4 is 4.72 Å². The monoisotopic (exact) mass is 281 g/mol. The van der Waals surface area contributed by atoms with E-state index in [0.717, 1.165) is 6.07 Å². The molecule has 2 aromatic rings. The molecule has 0 saturated carbocycles. The molecule has 2 N–H and O–H groups in total. The highest BCUT2D eigenvalue weighted by Gasteiger charge is 2.16. The maximum absolute atomic E-state index is 12.0. The van der Waals surface area contributed by atoms with E-state index in [9.17, 15) is 13.2 Å². The van der Waals surface area contributed by atoms with Gasteiger partial charge in [0.05, 0.1) is 5.69 Å². The zero-order valence-corrected chi connectivity index (χ0v) is 10.8. The van der Waals surface area contributed by atoms with Gasteiger partial charge >= 0.3 is 5.97 Å². The van der Waals surface area contributed by atoms with Crippen LogP contribution in [-0.4, -0.2) is 29.0 Å². The number of hydrogen-bond donors (Lipinski definition) is 2. The van der Waals surface area contributed by atoms with Gasteiger partial charge < -0.3 is 9.67 Å². The lowest BCUT2D eigenvalue weighted by molar-refractivity contribution is 0.0690. The number of hydrogen-bond acceptors (Lipinski definition) is 4. The summed E-state index contributed by atoms with van der Waals surface area (Å²) in [6.07, 6.45) is 4.28. The quantitative estimate of drug-likeness (QED) is 0.867. The maximum Gasteiger partial charge on any atom is 0.354 e. The third-order valence-electron chi connectivity index (χ3n) is 2.35. The summed E-state index contributed by atoms with van der Waals surface area (Å²) in [6, 6.07) is 3.98. The number of carboxylic acid groups (broad SMARTS) is 1. The van der Waals surface area contributed by atoms with Crippen molar-refractivity contribution in [3.8, 4) is 0 Å². The van der Waals surface area contributed by atoms with Crippen LogP contribution in [0.4, 0.5) is 5.69 Å². The lowest BCUT2D eigenvalue weighted by atomic mass is 10.3. The zero-order valence-electron chi connectivity index (χ0n) is 9.94. The molecule has 19 heavy (non-hydrogen) atoms. The van der Waals surface area contributed by atoms with Crippen LogP contribution in [0.25, 0.3) is 0 Å². The van der Waals surface area contributed by atoms with E-state index in [1.54, 1.807) is 17.8 Å². The number of nitrogens with zero attached hydrogens (tertiary/aromatic N) is 2. The third kappa shape index (κ3) is 2.91. The van der Waals surface area contributed by atoms with Crippen LogP contribution in [0.2, 0.25) is 0 Å². The first kappa shape index (κ1) is 13.1. The van der Waals surface area contributed by atoms with Crippen molar-refractivity contribution in [3.05, 3.63) is 42.5 Å². The van der Waals surface area contributed by atoms with Crippen molar-refractivity contribution < 1.29 is 18.3 Å². The van der Waals surface area contributed by atoms with Crippen molar-refractivity contribution in [2.24, 2.45) is 7.05 Å². The van der Waals surface area contributed by atoms with Gasteiger partial charge in [-0.25, -0.2) is 18.2 Å². The molecule has 0 aliphatic carbocycles. The number of carboxylic acids is 1. The number of anilines is 1. The van der Waals surface area contributed by atoms with Gasteiger partial charge in [-0.2, -0.15) is 0 Å². The molecule has 7 nitrogen and oxygen atoms in total. The van der Waals surface area contributed by atoms with E-state index >= 15 is 0 Å². The highest BCUT2D eigenvalue weighted by molar-refractivity contribution is 7.92. The van der Waals surface area contributed by atoms with Gasteiger partial charge in [0.15, 0.2) is 0 Å². The Bertz CT molecular complexity index is 721. The van der Waals surface area contributed by atoms with Gasteiger partial charge in [0.2, 0.25) is 0 Å². The summed E-state index contributed by atoms with van der Waals surface area (Å²) in [5.74, 6) is -1.22. The molecule has 0 aliphatic rings. The SMILES string of the molecule is Cn1ccc(S(=O)(=O)Nc2ccnc(C(=O)O)c2)c1. The summed E-state index contributed by atoms with van der Waals surface area (Å²) >= 11 is 0. The number of aromatic carboxylic acids is 1. The first-order valence-electron chi connectivity index (χ1n) is 5.22. The predicted molar refractivity (Wildman–Crippen MR) is 67.4 cm³/mol. The molecule has 0 radical (unpaired) electrons. The summed E-state index contributed by atoms with van der Waals surface area (Å²) in [4.78, 5) is 14.5. The van der Waals surface area contributed by atoms with Crippen LogP contribution >= 0.6 is 0 Å². The fourth-order valence-electron chi connectivity index (χ4n) is 1.46. The predicted octanol–water partition coefficient (Wildman–Crippen LogP) is 0.919. The van der Waals surface area contributed by atoms with Crippen molar-refractivity contribution in [1.29, 1.82) is 0 Å². The number of aromatic nitrogens is 2. The van der Waals surface area contributed by atoms with Crippen molar-refractivity contribution >= 4 is 21.7 Å². The summed E-state index contributed by atoms with van der Waals surface area (Å²) in [7, 11) is -2.02. The molecule has 0 amide bonds. The second-order valence-corrected chi connectivity index (χ2v) is 5.54. The molecule has 2 rings (SSSR count). The van der Waals surface area contributed by atoms with Gasteiger partial charge in [0.25, 0.3) is 10.0 Å². The van der Waals surface area contributed by atoms with Gasteiger partial charge in [0.1, 0.15) is 10.6 Å². The topological polar surface area (TPSA) is 101 Å². The van der Waals surface area contributed by atoms with Gasteiger partial charge in [-0.3, -0.25) is 4.72 Å². The number of pyridine rings is 1. The van der Waals surface area contributed by atoms with E-state index in [1.807, 2.05) is 0 Å². The normalized spacial score (nSPS) is 11.2. The minimum Gasteiger partial charge on any atom is -0.477 e. The molecular formula is C11H11N3O4S. The molecule has 0 saturated heterocycles. The van der Waals surface area contributed by atoms with Gasteiger partial charge in [-0.1, -0.05) is 0 Å². The lowest BCUT2D eigenvalue weighted by Gasteiger charge is -2.06. The Balaban J connectivity index is 2.30. The van der Waals surface area contributed by atoms with Crippen LogP contribution in [0, 0.1) is 0 Å². The molecule has 0 spiro atoms. The summed E-state index contributed by atoms with van der Waals surface area (Å²) in [5.41, 5.74) is -0.0792. The van der Waals surface area contributed by atoms with Crippen LogP contribution in [0.3, 0.4) is 0 Å². The number of rotatable bonds is 4. The van der Waals surface area contributed by atoms with Gasteiger partial charge in [0, 0.05) is 25.6 Å². The minimum atomic E-state index is -3.73. The minimum absolute atomic E-state index is 0.101. The Labute approximate surface area is 109 Å². The van der Waals surface area contributed by atoms with E-state index in [1.165, 1.54) is 24.5 Å². The van der Waals surface area contributed by atoms with Crippen LogP contribution in [-0.2, 0) is 17.1 Å². The van der Waals surface area contributed by atoms with Gasteiger partial charge in [-0.05, 0) is 18.2 Å². The largest absolute Gasteiger partial charge is 0.477 e. The van der Waals surface area contributed by atoms with E-state index < -0.39 is 16.0 Å². The standard InChI is InChI=1S/C11H11N3O4S/c1-14-5-3-9(7-14)19(17,18)13-8-2-4-12-10(6-8)11(15)16/h2-7H,1H3,(H,12,13)(H,15,16). The van der Waals surface area contributed by atoms with Crippen molar-refractivity contribution in [1.82, 2.24) is 9.55 Å². The average molecular weight is 281 g/mol. The molecule has 8 heteroatoms. The average Bonchev–Trinajstić information content (AvgIpc) is 2.76. The summed E-state index contributed by atoms with van der Waals surface area (Å²) in [6.45, 7) is 0. The van der Waals surface area contributed by atoms with Crippen LogP contribution in [0.15, 0.2) is 41.7 Å². The first-order chi connectivity index (χ1) is 8.88. The summed E-state index contributed by atoms with van der Waals surface area (Å²) < 4.78 is 27.9. The first-order valence-corrected chi connectivity index (χ1v) is 6.71. The van der Waals surface area contributed by atoms with Gasteiger partial charge in [-0.15, -0.1) is 0 Å². The second kappa shape index (κ2) is 4.73. The molecule has 0 atom stereocenters. The van der Waals surface area contributed by atoms with E-state index in [0.29, 0.717) is 0 Å². The lowest BCUT2D eigenvalue weighted by Crippen LogP contribution is -2.13. The molecule has 2 heterocycles. The van der Waals surface area contributed by atoms with E-state index in [-0.39, 0.29) is 16.3 Å². The Hall–Kier alpha value is -2.35. The Morgan fingerprint density at radius 2 is 2.16 bits per heavy atom. The Morgan fingerprint density at radius 3 is 2.74 bits per heavy atom. The summed E-state index contributed by atoms with van der Waals surface area (Å²) in [5, 5.41) is 8.78. The van der Waals surface area contributed by atoms with E-state index in [2.05, 4.69) is 9.71 Å². The molecule has 0 unspecified atom stereocenters. The highest BCUT2D eigenvalue weighted by atomic mass is 32.2. The molecular weight excluding hydrogens is 270 g/mol. The molecule has 100 valence electrons. The molecule has 0 bridgehead atoms. The maximum atomic E-state index is 12.0. The Morgan fingerprint density at radius 1 is 1.42 bits per heavy atom. The van der Waals surface area contributed by atoms with Crippen molar-refractivity contribution in [3.63, 3.8) is 0 Å². The van der Waals surface area contributed by atoms with E-state index in [4.69, 9.17) is 5.11 Å². The molecule has 0 aromatic carbocycles. The highest BCUT2D eigenvalue weighted by Crippen LogP contribution is 2.16. The second-order valence-electron chi connectivity index (χ2n) is 3.85. The van der Waals surface area contributed by atoms with Crippen LogP contribution in [0.1, 0.15) is 10.5 Å². The fourth-order valence-corrected chi connectivity index (χ4v) is 2.56. The smallest absolute Gasteiger partial charge is 0.354 e. The molecule has 2 aromatic heterocycles. The van der Waals surface area contributed by atoms with Crippen molar-refractivity contribution in [2.75, 3.05) is 4.72 Å². The number of nitrogens with one attached hydrogen (secondary N) is 1. The Kier molecular flexibility index (Phi) is 3.26. The number of sulfonamides is 1. The molecule has 0 aliphatic heterocycles. The zero-order chi connectivity index (χ0) is 14.0. The number of carbonyl (C=O) groups is 1. The van der Waals surface area contributed by atoms with Crippen molar-refractivity contribution in [2.45, 2.75) is 4.90 Å².